The molecule has 2 heterocycles. The van der Waals surface area contributed by atoms with E-state index in [1.165, 1.54) is 16.2 Å². The first kappa shape index (κ1) is 14.3. The number of aromatic nitrogens is 2. The molecular formula is C16H14N4OS. The molecule has 0 fully saturated rings. The zero-order valence-corrected chi connectivity index (χ0v) is 12.9. The predicted octanol–water partition coefficient (Wildman–Crippen LogP) is 3.28. The smallest absolute Gasteiger partial charge is 0.273 e. The van der Waals surface area contributed by atoms with E-state index in [9.17, 15) is 4.79 Å². The molecule has 2 aromatic heterocycles. The molecule has 3 rings (SSSR count). The summed E-state index contributed by atoms with van der Waals surface area (Å²) in [5.74, 6) is -0.158. The van der Waals surface area contributed by atoms with Crippen molar-refractivity contribution in [1.29, 1.82) is 5.26 Å². The summed E-state index contributed by atoms with van der Waals surface area (Å²) in [5.41, 5.74) is 2.37. The predicted molar refractivity (Wildman–Crippen MR) is 86.6 cm³/mol. The summed E-state index contributed by atoms with van der Waals surface area (Å²) in [6, 6.07) is 12.1. The van der Waals surface area contributed by atoms with Crippen LogP contribution in [-0.2, 0) is 0 Å². The highest BCUT2D eigenvalue weighted by atomic mass is 32.1. The number of fused-ring (bicyclic) bond motifs is 1. The number of H-pyrrole nitrogens is 1. The van der Waals surface area contributed by atoms with Gasteiger partial charge in [0.2, 0.25) is 0 Å². The standard InChI is InChI=1S/C16H14N4OS/c1-20(8-4-7-17)16(21)14-10-22-15(19-14)13-9-11-5-2-3-6-12(11)18-13/h2-3,5-6,9-10,18H,4,8H2,1H3. The number of hydrogen-bond donors (Lipinski definition) is 1. The third-order valence-electron chi connectivity index (χ3n) is 3.39. The fourth-order valence-corrected chi connectivity index (χ4v) is 2.96. The molecule has 0 bridgehead atoms. The molecular weight excluding hydrogens is 296 g/mol. The number of carbonyl (C=O) groups is 1. The van der Waals surface area contributed by atoms with Crippen LogP contribution in [0, 0.1) is 11.3 Å². The van der Waals surface area contributed by atoms with E-state index in [4.69, 9.17) is 5.26 Å². The van der Waals surface area contributed by atoms with Gasteiger partial charge in [-0.2, -0.15) is 5.26 Å². The highest BCUT2D eigenvalue weighted by Gasteiger charge is 2.16. The number of thiazole rings is 1. The third-order valence-corrected chi connectivity index (χ3v) is 4.26. The zero-order valence-electron chi connectivity index (χ0n) is 12.0. The Hall–Kier alpha value is -2.65. The van der Waals surface area contributed by atoms with Gasteiger partial charge in [-0.15, -0.1) is 11.3 Å². The minimum absolute atomic E-state index is 0.158. The van der Waals surface area contributed by atoms with Crippen molar-refractivity contribution < 1.29 is 4.79 Å². The van der Waals surface area contributed by atoms with E-state index in [1.807, 2.05) is 36.4 Å². The topological polar surface area (TPSA) is 72.8 Å². The maximum Gasteiger partial charge on any atom is 0.273 e. The van der Waals surface area contributed by atoms with Crippen LogP contribution in [-0.4, -0.2) is 34.4 Å². The molecule has 0 saturated heterocycles. The second-order valence-corrected chi connectivity index (χ2v) is 5.80. The van der Waals surface area contributed by atoms with Gasteiger partial charge in [0.1, 0.15) is 10.7 Å². The Morgan fingerprint density at radius 1 is 1.45 bits per heavy atom. The Kier molecular flexibility index (Phi) is 3.90. The molecule has 0 spiro atoms. The lowest BCUT2D eigenvalue weighted by atomic mass is 10.2. The van der Waals surface area contributed by atoms with Gasteiger partial charge in [0.15, 0.2) is 0 Å². The molecule has 5 nitrogen and oxygen atoms in total. The number of nitrogens with one attached hydrogen (secondary N) is 1. The van der Waals surface area contributed by atoms with E-state index in [0.717, 1.165) is 21.6 Å². The second-order valence-electron chi connectivity index (χ2n) is 4.94. The lowest BCUT2D eigenvalue weighted by Crippen LogP contribution is -2.27. The molecule has 0 radical (unpaired) electrons. The van der Waals surface area contributed by atoms with Gasteiger partial charge in [0, 0.05) is 29.9 Å². The number of carbonyl (C=O) groups excluding carboxylic acids is 1. The highest BCUT2D eigenvalue weighted by molar-refractivity contribution is 7.13. The molecule has 22 heavy (non-hydrogen) atoms. The SMILES string of the molecule is CN(CCC#N)C(=O)c1csc(-c2cc3ccccc3[nH]2)n1. The van der Waals surface area contributed by atoms with Gasteiger partial charge < -0.3 is 9.88 Å². The lowest BCUT2D eigenvalue weighted by Gasteiger charge is -2.13. The minimum Gasteiger partial charge on any atom is -0.353 e. The van der Waals surface area contributed by atoms with E-state index in [1.54, 1.807) is 12.4 Å². The summed E-state index contributed by atoms with van der Waals surface area (Å²) in [7, 11) is 1.68. The van der Waals surface area contributed by atoms with Crippen molar-refractivity contribution in [1.82, 2.24) is 14.9 Å². The zero-order chi connectivity index (χ0) is 15.5. The van der Waals surface area contributed by atoms with Crippen LogP contribution in [0.2, 0.25) is 0 Å². The average Bonchev–Trinajstić information content (AvgIpc) is 3.17. The van der Waals surface area contributed by atoms with Crippen LogP contribution in [0.3, 0.4) is 0 Å². The third kappa shape index (κ3) is 2.71. The first-order valence-corrected chi connectivity index (χ1v) is 7.73. The van der Waals surface area contributed by atoms with Crippen LogP contribution in [0.1, 0.15) is 16.9 Å². The van der Waals surface area contributed by atoms with E-state index in [0.29, 0.717) is 18.7 Å². The van der Waals surface area contributed by atoms with Gasteiger partial charge in [0.25, 0.3) is 5.91 Å². The van der Waals surface area contributed by atoms with Gasteiger partial charge in [-0.3, -0.25) is 4.79 Å². The Labute approximate surface area is 131 Å². The van der Waals surface area contributed by atoms with E-state index in [2.05, 4.69) is 9.97 Å². The Morgan fingerprint density at radius 2 is 2.27 bits per heavy atom. The quantitative estimate of drug-likeness (QED) is 0.803. The fraction of sp³-hybridized carbons (Fsp3) is 0.188. The van der Waals surface area contributed by atoms with Gasteiger partial charge in [-0.25, -0.2) is 4.98 Å². The summed E-state index contributed by atoms with van der Waals surface area (Å²) < 4.78 is 0. The fourth-order valence-electron chi connectivity index (χ4n) is 2.20. The number of para-hydroxylation sites is 1. The van der Waals surface area contributed by atoms with Gasteiger partial charge >= 0.3 is 0 Å². The van der Waals surface area contributed by atoms with Crippen molar-refractivity contribution in [2.75, 3.05) is 13.6 Å². The molecule has 3 aromatic rings. The van der Waals surface area contributed by atoms with Crippen LogP contribution in [0.25, 0.3) is 21.6 Å². The van der Waals surface area contributed by atoms with Crippen molar-refractivity contribution in [3.8, 4) is 16.8 Å². The highest BCUT2D eigenvalue weighted by Crippen LogP contribution is 2.27. The molecule has 0 unspecified atom stereocenters. The Balaban J connectivity index is 1.84. The maximum atomic E-state index is 12.2. The molecule has 0 aliphatic rings. The maximum absolute atomic E-state index is 12.2. The lowest BCUT2D eigenvalue weighted by molar-refractivity contribution is 0.0793. The molecule has 1 amide bonds. The Morgan fingerprint density at radius 3 is 3.05 bits per heavy atom. The number of benzene rings is 1. The minimum atomic E-state index is -0.158. The molecule has 1 aromatic carbocycles. The van der Waals surface area contributed by atoms with E-state index < -0.39 is 0 Å². The summed E-state index contributed by atoms with van der Waals surface area (Å²) in [4.78, 5) is 21.5. The van der Waals surface area contributed by atoms with Gasteiger partial charge in [-0.05, 0) is 12.1 Å². The number of amides is 1. The summed E-state index contributed by atoms with van der Waals surface area (Å²) in [6.07, 6.45) is 0.321. The molecule has 0 saturated carbocycles. The van der Waals surface area contributed by atoms with Crippen molar-refractivity contribution in [2.24, 2.45) is 0 Å². The van der Waals surface area contributed by atoms with E-state index >= 15 is 0 Å². The number of nitrogens with zero attached hydrogens (tertiary/aromatic N) is 3. The van der Waals surface area contributed by atoms with Crippen LogP contribution in [0.5, 0.6) is 0 Å². The van der Waals surface area contributed by atoms with Crippen molar-refractivity contribution in [3.63, 3.8) is 0 Å². The molecule has 0 atom stereocenters. The summed E-state index contributed by atoms with van der Waals surface area (Å²) >= 11 is 1.43. The van der Waals surface area contributed by atoms with Crippen LogP contribution in [0.4, 0.5) is 0 Å². The van der Waals surface area contributed by atoms with Crippen LogP contribution < -0.4 is 0 Å². The average molecular weight is 310 g/mol. The second kappa shape index (κ2) is 6.00. The molecule has 6 heteroatoms. The Bertz CT molecular complexity index is 825. The monoisotopic (exact) mass is 310 g/mol. The number of nitriles is 1. The molecule has 0 aliphatic carbocycles. The molecule has 1 N–H and O–H groups in total. The molecule has 0 aliphatic heterocycles. The van der Waals surface area contributed by atoms with Crippen molar-refractivity contribution in [3.05, 3.63) is 41.4 Å². The van der Waals surface area contributed by atoms with Crippen LogP contribution in [0.15, 0.2) is 35.7 Å². The summed E-state index contributed by atoms with van der Waals surface area (Å²) in [6.45, 7) is 0.411. The van der Waals surface area contributed by atoms with Crippen molar-refractivity contribution in [2.45, 2.75) is 6.42 Å². The van der Waals surface area contributed by atoms with Gasteiger partial charge in [0.05, 0.1) is 18.2 Å². The van der Waals surface area contributed by atoms with Crippen molar-refractivity contribution >= 4 is 28.1 Å². The molecule has 110 valence electrons. The first-order valence-electron chi connectivity index (χ1n) is 6.85. The largest absolute Gasteiger partial charge is 0.353 e. The van der Waals surface area contributed by atoms with Gasteiger partial charge in [-0.1, -0.05) is 18.2 Å². The van der Waals surface area contributed by atoms with Crippen LogP contribution >= 0.6 is 11.3 Å². The van der Waals surface area contributed by atoms with E-state index in [-0.39, 0.29) is 5.91 Å². The number of aromatic amines is 1. The number of hydrogen-bond acceptors (Lipinski definition) is 4. The first-order chi connectivity index (χ1) is 10.7. The number of rotatable bonds is 4. The normalized spacial score (nSPS) is 10.5. The summed E-state index contributed by atoms with van der Waals surface area (Å²) in [5, 5.41) is 12.2.